The van der Waals surface area contributed by atoms with Crippen molar-refractivity contribution in [1.29, 1.82) is 0 Å². The van der Waals surface area contributed by atoms with Gasteiger partial charge < -0.3 is 5.11 Å². The highest BCUT2D eigenvalue weighted by atomic mass is 32.2. The molecule has 0 unspecified atom stereocenters. The standard InChI is InChI=1S/C14H18O4S/c1-3-4-11(7-10-14(15)16)12-5-8-13(9-6-12)19(2,17)18/h5-9H,3-4,10H2,1-2H3,(H,15,16)/b11-7+. The minimum absolute atomic E-state index is 0.0246. The summed E-state index contributed by atoms with van der Waals surface area (Å²) in [6, 6.07) is 6.54. The Bertz CT molecular complexity index is 568. The molecule has 0 aliphatic carbocycles. The van der Waals surface area contributed by atoms with E-state index in [0.29, 0.717) is 0 Å². The first-order valence-electron chi connectivity index (χ1n) is 6.06. The molecule has 104 valence electrons. The van der Waals surface area contributed by atoms with Gasteiger partial charge in [0.15, 0.2) is 9.84 Å². The molecule has 0 aliphatic heterocycles. The van der Waals surface area contributed by atoms with Crippen molar-refractivity contribution in [2.75, 3.05) is 6.26 Å². The number of sulfone groups is 1. The van der Waals surface area contributed by atoms with Crippen LogP contribution in [-0.4, -0.2) is 25.7 Å². The van der Waals surface area contributed by atoms with Crippen molar-refractivity contribution in [3.63, 3.8) is 0 Å². The van der Waals surface area contributed by atoms with Crippen LogP contribution in [0.25, 0.3) is 5.57 Å². The molecule has 0 heterocycles. The Morgan fingerprint density at radius 3 is 2.26 bits per heavy atom. The number of allylic oxidation sites excluding steroid dienone is 1. The van der Waals surface area contributed by atoms with Gasteiger partial charge in [0.1, 0.15) is 0 Å². The Morgan fingerprint density at radius 2 is 1.84 bits per heavy atom. The number of aliphatic carboxylic acids is 1. The van der Waals surface area contributed by atoms with Gasteiger partial charge in [-0.15, -0.1) is 0 Å². The lowest BCUT2D eigenvalue weighted by Crippen LogP contribution is -1.97. The predicted molar refractivity (Wildman–Crippen MR) is 74.7 cm³/mol. The van der Waals surface area contributed by atoms with E-state index in [1.807, 2.05) is 6.92 Å². The molecule has 1 aromatic carbocycles. The molecule has 0 atom stereocenters. The summed E-state index contributed by atoms with van der Waals surface area (Å²) in [6.45, 7) is 2.01. The minimum Gasteiger partial charge on any atom is -0.481 e. The highest BCUT2D eigenvalue weighted by molar-refractivity contribution is 7.90. The molecule has 0 aliphatic rings. The summed E-state index contributed by atoms with van der Waals surface area (Å²) in [4.78, 5) is 10.9. The summed E-state index contributed by atoms with van der Waals surface area (Å²) in [5.74, 6) is -0.874. The molecule has 0 spiro atoms. The van der Waals surface area contributed by atoms with E-state index in [2.05, 4.69) is 0 Å². The van der Waals surface area contributed by atoms with Gasteiger partial charge in [-0.3, -0.25) is 4.79 Å². The largest absolute Gasteiger partial charge is 0.481 e. The lowest BCUT2D eigenvalue weighted by atomic mass is 10.0. The van der Waals surface area contributed by atoms with Crippen molar-refractivity contribution in [3.8, 4) is 0 Å². The van der Waals surface area contributed by atoms with E-state index in [0.717, 1.165) is 30.2 Å². The zero-order valence-corrected chi connectivity index (χ0v) is 11.9. The van der Waals surface area contributed by atoms with E-state index in [-0.39, 0.29) is 11.3 Å². The quantitative estimate of drug-likeness (QED) is 0.870. The topological polar surface area (TPSA) is 71.4 Å². The molecule has 1 rings (SSSR count). The zero-order chi connectivity index (χ0) is 14.5. The summed E-state index contributed by atoms with van der Waals surface area (Å²) in [5.41, 5.74) is 1.81. The average Bonchev–Trinajstić information content (AvgIpc) is 2.33. The first-order chi connectivity index (χ1) is 8.84. The molecule has 0 saturated carbocycles. The maximum Gasteiger partial charge on any atom is 0.307 e. The van der Waals surface area contributed by atoms with Crippen LogP contribution >= 0.6 is 0 Å². The number of carboxylic acids is 1. The summed E-state index contributed by atoms with van der Waals surface area (Å²) >= 11 is 0. The lowest BCUT2D eigenvalue weighted by Gasteiger charge is -2.07. The van der Waals surface area contributed by atoms with Gasteiger partial charge in [-0.1, -0.05) is 31.6 Å². The fourth-order valence-corrected chi connectivity index (χ4v) is 2.39. The van der Waals surface area contributed by atoms with Crippen LogP contribution in [0.15, 0.2) is 35.2 Å². The molecule has 4 nitrogen and oxygen atoms in total. The highest BCUT2D eigenvalue weighted by Gasteiger charge is 2.08. The number of benzene rings is 1. The van der Waals surface area contributed by atoms with Crippen LogP contribution < -0.4 is 0 Å². The first-order valence-corrected chi connectivity index (χ1v) is 7.95. The van der Waals surface area contributed by atoms with Gasteiger partial charge in [0.25, 0.3) is 0 Å². The van der Waals surface area contributed by atoms with Crippen LogP contribution in [0, 0.1) is 0 Å². The SMILES string of the molecule is CCC/C(=C\CC(=O)O)c1ccc(S(C)(=O)=O)cc1. The van der Waals surface area contributed by atoms with Gasteiger partial charge in [-0.25, -0.2) is 8.42 Å². The van der Waals surface area contributed by atoms with Crippen LogP contribution in [0.3, 0.4) is 0 Å². The van der Waals surface area contributed by atoms with Crippen molar-refractivity contribution in [3.05, 3.63) is 35.9 Å². The fraction of sp³-hybridized carbons (Fsp3) is 0.357. The minimum atomic E-state index is -3.20. The van der Waals surface area contributed by atoms with Crippen LogP contribution in [0.1, 0.15) is 31.7 Å². The molecular formula is C14H18O4S. The Hall–Kier alpha value is -1.62. The van der Waals surface area contributed by atoms with Crippen molar-refractivity contribution < 1.29 is 18.3 Å². The predicted octanol–water partition coefficient (Wildman–Crippen LogP) is 2.75. The molecule has 1 N–H and O–H groups in total. The molecule has 1 aromatic rings. The van der Waals surface area contributed by atoms with Crippen molar-refractivity contribution >= 4 is 21.4 Å². The first kappa shape index (κ1) is 15.4. The normalized spacial score (nSPS) is 12.4. The second kappa shape index (κ2) is 6.52. The molecule has 19 heavy (non-hydrogen) atoms. The van der Waals surface area contributed by atoms with E-state index < -0.39 is 15.8 Å². The number of hydrogen-bond donors (Lipinski definition) is 1. The van der Waals surface area contributed by atoms with Crippen LogP contribution in [0.4, 0.5) is 0 Å². The van der Waals surface area contributed by atoms with E-state index in [1.165, 1.54) is 0 Å². The molecule has 0 aromatic heterocycles. The van der Waals surface area contributed by atoms with Gasteiger partial charge in [-0.2, -0.15) is 0 Å². The third kappa shape index (κ3) is 4.87. The van der Waals surface area contributed by atoms with Gasteiger partial charge in [0.05, 0.1) is 11.3 Å². The van der Waals surface area contributed by atoms with Gasteiger partial charge in [0, 0.05) is 6.26 Å². The Balaban J connectivity index is 3.04. The second-order valence-electron chi connectivity index (χ2n) is 4.37. The Morgan fingerprint density at radius 1 is 1.26 bits per heavy atom. The molecule has 0 saturated heterocycles. The lowest BCUT2D eigenvalue weighted by molar-refractivity contribution is -0.135. The Labute approximate surface area is 113 Å². The monoisotopic (exact) mass is 282 g/mol. The maximum absolute atomic E-state index is 11.4. The smallest absolute Gasteiger partial charge is 0.307 e. The summed E-state index contributed by atoms with van der Waals surface area (Å²) in [5, 5.41) is 8.70. The molecule has 5 heteroatoms. The fourth-order valence-electron chi connectivity index (χ4n) is 1.76. The van der Waals surface area contributed by atoms with E-state index in [4.69, 9.17) is 5.11 Å². The van der Waals surface area contributed by atoms with Crippen LogP contribution in [0.2, 0.25) is 0 Å². The third-order valence-corrected chi connectivity index (χ3v) is 3.82. The zero-order valence-electron chi connectivity index (χ0n) is 11.1. The van der Waals surface area contributed by atoms with Crippen molar-refractivity contribution in [2.24, 2.45) is 0 Å². The number of carbonyl (C=O) groups is 1. The molecular weight excluding hydrogens is 264 g/mol. The molecule has 0 bridgehead atoms. The summed E-state index contributed by atoms with van der Waals surface area (Å²) < 4.78 is 22.7. The average molecular weight is 282 g/mol. The summed E-state index contributed by atoms with van der Waals surface area (Å²) in [6.07, 6.45) is 4.49. The van der Waals surface area contributed by atoms with Crippen molar-refractivity contribution in [1.82, 2.24) is 0 Å². The number of rotatable bonds is 6. The van der Waals surface area contributed by atoms with E-state index >= 15 is 0 Å². The van der Waals surface area contributed by atoms with Crippen molar-refractivity contribution in [2.45, 2.75) is 31.1 Å². The highest BCUT2D eigenvalue weighted by Crippen LogP contribution is 2.22. The third-order valence-electron chi connectivity index (χ3n) is 2.70. The van der Waals surface area contributed by atoms with Gasteiger partial charge in [0.2, 0.25) is 0 Å². The Kier molecular flexibility index (Phi) is 5.30. The van der Waals surface area contributed by atoms with Crippen LogP contribution in [0.5, 0.6) is 0 Å². The van der Waals surface area contributed by atoms with Gasteiger partial charge in [-0.05, 0) is 29.7 Å². The maximum atomic E-state index is 11.4. The van der Waals surface area contributed by atoms with Gasteiger partial charge >= 0.3 is 5.97 Å². The van der Waals surface area contributed by atoms with E-state index in [1.54, 1.807) is 30.3 Å². The molecule has 0 amide bonds. The van der Waals surface area contributed by atoms with Crippen LogP contribution in [-0.2, 0) is 14.6 Å². The molecule has 0 fully saturated rings. The summed E-state index contributed by atoms with van der Waals surface area (Å²) in [7, 11) is -3.20. The molecule has 0 radical (unpaired) electrons. The number of hydrogen-bond acceptors (Lipinski definition) is 3. The van der Waals surface area contributed by atoms with E-state index in [9.17, 15) is 13.2 Å². The number of carboxylic acid groups (broad SMARTS) is 1. The second-order valence-corrected chi connectivity index (χ2v) is 6.39.